The Morgan fingerprint density at radius 2 is 1.97 bits per heavy atom. The molecule has 1 aromatic carbocycles. The Balaban J connectivity index is 1.49. The van der Waals surface area contributed by atoms with Gasteiger partial charge in [-0.05, 0) is 49.8 Å². The molecule has 1 saturated heterocycles. The number of carbonyl (C=O) groups is 4. The average Bonchev–Trinajstić information content (AvgIpc) is 3.23. The minimum absolute atomic E-state index is 0.211. The summed E-state index contributed by atoms with van der Waals surface area (Å²) in [5.74, 6) is -1.06. The van der Waals surface area contributed by atoms with Gasteiger partial charge in [-0.25, -0.2) is 4.79 Å². The molecular formula is C23H26N4O5S. The van der Waals surface area contributed by atoms with Crippen LogP contribution in [-0.4, -0.2) is 47.8 Å². The Kier molecular flexibility index (Phi) is 6.11. The second-order valence-electron chi connectivity index (χ2n) is 8.47. The van der Waals surface area contributed by atoms with Gasteiger partial charge in [0.15, 0.2) is 0 Å². The third-order valence-corrected chi connectivity index (χ3v) is 7.26. The molecule has 4 rings (SSSR count). The molecule has 1 aromatic heterocycles. The Labute approximate surface area is 195 Å². The molecule has 1 aliphatic carbocycles. The molecule has 4 N–H and O–H groups in total. The van der Waals surface area contributed by atoms with Crippen LogP contribution in [0, 0.1) is 0 Å². The number of methoxy groups -OCH3 is 1. The van der Waals surface area contributed by atoms with E-state index < -0.39 is 35.8 Å². The Morgan fingerprint density at radius 1 is 1.24 bits per heavy atom. The number of ether oxygens (including phenoxy) is 1. The molecule has 2 aromatic rings. The third-order valence-electron chi connectivity index (χ3n) is 6.05. The van der Waals surface area contributed by atoms with Gasteiger partial charge in [0.2, 0.25) is 5.91 Å². The zero-order chi connectivity index (χ0) is 23.8. The number of hydrogen-bond acceptors (Lipinski definition) is 6. The quantitative estimate of drug-likeness (QED) is 0.534. The van der Waals surface area contributed by atoms with Crippen LogP contribution in [0.3, 0.4) is 0 Å². The molecule has 33 heavy (non-hydrogen) atoms. The maximum absolute atomic E-state index is 13.1. The van der Waals surface area contributed by atoms with Gasteiger partial charge in [0.05, 0.1) is 12.7 Å². The highest BCUT2D eigenvalue weighted by molar-refractivity contribution is 7.17. The molecule has 1 atom stereocenters. The fourth-order valence-corrected chi connectivity index (χ4v) is 5.78. The molecule has 0 radical (unpaired) electrons. The molecular weight excluding hydrogens is 444 g/mol. The summed E-state index contributed by atoms with van der Waals surface area (Å²) < 4.78 is 5.35. The number of thiophene rings is 1. The van der Waals surface area contributed by atoms with Crippen molar-refractivity contribution in [3.63, 3.8) is 0 Å². The normalized spacial score (nSPS) is 19.8. The highest BCUT2D eigenvalue weighted by atomic mass is 32.1. The third kappa shape index (κ3) is 4.30. The number of benzene rings is 1. The van der Waals surface area contributed by atoms with Gasteiger partial charge in [0, 0.05) is 11.3 Å². The Morgan fingerprint density at radius 3 is 2.70 bits per heavy atom. The van der Waals surface area contributed by atoms with E-state index in [1.165, 1.54) is 18.4 Å². The molecule has 0 saturated carbocycles. The van der Waals surface area contributed by atoms with Crippen LogP contribution in [0.4, 0.5) is 9.80 Å². The SMILES string of the molecule is COc1ccccc1C[C@@]1(C)NC(=O)N(CC(=O)Nc2sc3c(c2C(N)=O)CCCC3)C1=O. The summed E-state index contributed by atoms with van der Waals surface area (Å²) in [6.07, 6.45) is 3.78. The molecule has 0 bridgehead atoms. The summed E-state index contributed by atoms with van der Waals surface area (Å²) in [4.78, 5) is 52.4. The minimum atomic E-state index is -1.22. The summed E-state index contributed by atoms with van der Waals surface area (Å²) in [6.45, 7) is 1.16. The van der Waals surface area contributed by atoms with Crippen molar-refractivity contribution >= 4 is 40.1 Å². The minimum Gasteiger partial charge on any atom is -0.496 e. The molecule has 1 aliphatic heterocycles. The number of anilines is 1. The average molecular weight is 471 g/mol. The number of imide groups is 1. The molecule has 9 nitrogen and oxygen atoms in total. The van der Waals surface area contributed by atoms with E-state index in [0.717, 1.165) is 46.6 Å². The summed E-state index contributed by atoms with van der Waals surface area (Å²) in [7, 11) is 1.54. The smallest absolute Gasteiger partial charge is 0.325 e. The number of nitrogens with two attached hydrogens (primary N) is 1. The second kappa shape index (κ2) is 8.86. The number of carbonyl (C=O) groups excluding carboxylic acids is 4. The van der Waals surface area contributed by atoms with E-state index in [2.05, 4.69) is 10.6 Å². The van der Waals surface area contributed by atoms with E-state index in [-0.39, 0.29) is 6.42 Å². The van der Waals surface area contributed by atoms with Crippen LogP contribution < -0.4 is 21.1 Å². The lowest BCUT2D eigenvalue weighted by atomic mass is 9.92. The van der Waals surface area contributed by atoms with E-state index in [1.807, 2.05) is 18.2 Å². The van der Waals surface area contributed by atoms with Crippen LogP contribution in [0.15, 0.2) is 24.3 Å². The first-order valence-electron chi connectivity index (χ1n) is 10.7. The van der Waals surface area contributed by atoms with Crippen molar-refractivity contribution in [2.75, 3.05) is 19.0 Å². The van der Waals surface area contributed by atoms with Crippen molar-refractivity contribution in [1.82, 2.24) is 10.2 Å². The Hall–Kier alpha value is -3.40. The van der Waals surface area contributed by atoms with Gasteiger partial charge in [-0.1, -0.05) is 18.2 Å². The highest BCUT2D eigenvalue weighted by Crippen LogP contribution is 2.38. The fraction of sp³-hybridized carbons (Fsp3) is 0.391. The number of rotatable bonds is 7. The number of aryl methyl sites for hydroxylation is 1. The summed E-state index contributed by atoms with van der Waals surface area (Å²) in [5.41, 5.74) is 6.35. The summed E-state index contributed by atoms with van der Waals surface area (Å²) in [6, 6.07) is 6.60. The molecule has 0 spiro atoms. The van der Waals surface area contributed by atoms with Gasteiger partial charge in [-0.3, -0.25) is 19.3 Å². The molecule has 0 unspecified atom stereocenters. The predicted molar refractivity (Wildman–Crippen MR) is 123 cm³/mol. The van der Waals surface area contributed by atoms with Crippen LogP contribution in [0.2, 0.25) is 0 Å². The fourth-order valence-electron chi connectivity index (χ4n) is 4.46. The van der Waals surface area contributed by atoms with Crippen molar-refractivity contribution < 1.29 is 23.9 Å². The maximum atomic E-state index is 13.1. The lowest BCUT2D eigenvalue weighted by molar-refractivity contribution is -0.133. The first-order valence-corrected chi connectivity index (χ1v) is 11.6. The van der Waals surface area contributed by atoms with Crippen molar-refractivity contribution in [3.8, 4) is 5.75 Å². The predicted octanol–water partition coefficient (Wildman–Crippen LogP) is 2.23. The molecule has 1 fully saturated rings. The Bertz CT molecular complexity index is 1140. The van der Waals surface area contributed by atoms with Gasteiger partial charge in [0.25, 0.3) is 11.8 Å². The van der Waals surface area contributed by atoms with Gasteiger partial charge in [-0.15, -0.1) is 11.3 Å². The summed E-state index contributed by atoms with van der Waals surface area (Å²) >= 11 is 1.33. The van der Waals surface area contributed by atoms with Crippen LogP contribution in [-0.2, 0) is 28.9 Å². The molecule has 2 heterocycles. The number of amides is 5. The van der Waals surface area contributed by atoms with Crippen molar-refractivity contribution in [1.29, 1.82) is 0 Å². The van der Waals surface area contributed by atoms with Gasteiger partial charge in [-0.2, -0.15) is 0 Å². The number of hydrogen-bond donors (Lipinski definition) is 3. The summed E-state index contributed by atoms with van der Waals surface area (Å²) in [5, 5.41) is 5.77. The first-order chi connectivity index (χ1) is 15.7. The van der Waals surface area contributed by atoms with Crippen molar-refractivity contribution in [3.05, 3.63) is 45.8 Å². The number of nitrogens with zero attached hydrogens (tertiary/aromatic N) is 1. The lowest BCUT2D eigenvalue weighted by Gasteiger charge is -2.22. The molecule has 174 valence electrons. The number of nitrogens with one attached hydrogen (secondary N) is 2. The lowest BCUT2D eigenvalue weighted by Crippen LogP contribution is -2.46. The zero-order valence-electron chi connectivity index (χ0n) is 18.5. The molecule has 10 heteroatoms. The van der Waals surface area contributed by atoms with Crippen molar-refractivity contribution in [2.24, 2.45) is 5.73 Å². The molecule has 2 aliphatic rings. The molecule has 5 amide bonds. The van der Waals surface area contributed by atoms with Gasteiger partial charge in [0.1, 0.15) is 22.8 Å². The first kappa shape index (κ1) is 22.8. The van der Waals surface area contributed by atoms with Crippen LogP contribution >= 0.6 is 11.3 Å². The standard InChI is InChI=1S/C23H26N4O5S/c1-23(11-13-7-3-5-9-15(13)32-2)21(30)27(22(31)26-23)12-17(28)25-20-18(19(24)29)14-8-4-6-10-16(14)33-20/h3,5,7,9H,4,6,8,10-12H2,1-2H3,(H2,24,29)(H,25,28)(H,26,31)/t23-/m1/s1. The second-order valence-corrected chi connectivity index (χ2v) is 9.57. The zero-order valence-corrected chi connectivity index (χ0v) is 19.3. The highest BCUT2D eigenvalue weighted by Gasteiger charge is 2.48. The van der Waals surface area contributed by atoms with E-state index in [0.29, 0.717) is 16.3 Å². The van der Waals surface area contributed by atoms with E-state index in [1.54, 1.807) is 13.0 Å². The van der Waals surface area contributed by atoms with Crippen LogP contribution in [0.1, 0.15) is 46.1 Å². The number of urea groups is 1. The topological polar surface area (TPSA) is 131 Å². The van der Waals surface area contributed by atoms with Crippen molar-refractivity contribution in [2.45, 2.75) is 44.6 Å². The largest absolute Gasteiger partial charge is 0.496 e. The maximum Gasteiger partial charge on any atom is 0.325 e. The van der Waals surface area contributed by atoms with Crippen LogP contribution in [0.25, 0.3) is 0 Å². The number of fused-ring (bicyclic) bond motifs is 1. The van der Waals surface area contributed by atoms with E-state index >= 15 is 0 Å². The number of para-hydroxylation sites is 1. The van der Waals surface area contributed by atoms with Gasteiger partial charge >= 0.3 is 6.03 Å². The monoisotopic (exact) mass is 470 g/mol. The number of primary amides is 1. The van der Waals surface area contributed by atoms with Crippen LogP contribution in [0.5, 0.6) is 5.75 Å². The van der Waals surface area contributed by atoms with E-state index in [4.69, 9.17) is 10.5 Å². The van der Waals surface area contributed by atoms with Gasteiger partial charge < -0.3 is 21.1 Å². The van der Waals surface area contributed by atoms with E-state index in [9.17, 15) is 19.2 Å².